The van der Waals surface area contributed by atoms with Crippen molar-refractivity contribution >= 4 is 5.91 Å². The minimum Gasteiger partial charge on any atom is -0.508 e. The second-order valence-corrected chi connectivity index (χ2v) is 9.17. The number of benzene rings is 1. The number of phenols is 1. The Labute approximate surface area is 192 Å². The lowest BCUT2D eigenvalue weighted by Gasteiger charge is -2.06. The number of carbonyl (C=O) groups excluding carboxylic acids is 1. The SMILES string of the molecule is CCCCCCCCCCCCCCCCCCC(=O)NCCCc1ccc(O)cc1. The van der Waals surface area contributed by atoms with E-state index in [1.807, 2.05) is 12.1 Å². The van der Waals surface area contributed by atoms with Crippen molar-refractivity contribution in [2.24, 2.45) is 0 Å². The van der Waals surface area contributed by atoms with Crippen molar-refractivity contribution in [2.45, 2.75) is 129 Å². The molecule has 0 aliphatic heterocycles. The second kappa shape index (κ2) is 20.4. The molecule has 2 N–H and O–H groups in total. The number of aryl methyl sites for hydroxylation is 1. The molecule has 0 aromatic heterocycles. The van der Waals surface area contributed by atoms with E-state index in [1.54, 1.807) is 12.1 Å². The summed E-state index contributed by atoms with van der Waals surface area (Å²) in [6.45, 7) is 3.02. The fourth-order valence-corrected chi connectivity index (χ4v) is 4.10. The van der Waals surface area contributed by atoms with Crippen molar-refractivity contribution in [2.75, 3.05) is 6.54 Å². The van der Waals surface area contributed by atoms with E-state index in [9.17, 15) is 9.90 Å². The highest BCUT2D eigenvalue weighted by Crippen LogP contribution is 2.14. The lowest BCUT2D eigenvalue weighted by atomic mass is 10.0. The molecule has 3 nitrogen and oxygen atoms in total. The molecular weight excluding hydrogens is 382 g/mol. The Morgan fingerprint density at radius 3 is 1.61 bits per heavy atom. The van der Waals surface area contributed by atoms with Crippen LogP contribution in [0.25, 0.3) is 0 Å². The van der Waals surface area contributed by atoms with Gasteiger partial charge in [0.25, 0.3) is 0 Å². The molecule has 178 valence electrons. The van der Waals surface area contributed by atoms with Crippen LogP contribution < -0.4 is 5.32 Å². The normalized spacial score (nSPS) is 11.0. The van der Waals surface area contributed by atoms with Gasteiger partial charge in [-0.25, -0.2) is 0 Å². The number of hydrogen-bond donors (Lipinski definition) is 2. The first-order chi connectivity index (χ1) is 15.2. The average Bonchev–Trinajstić information content (AvgIpc) is 2.77. The number of phenolic OH excluding ortho intramolecular Hbond substituents is 1. The summed E-state index contributed by atoms with van der Waals surface area (Å²) in [5.74, 6) is 0.493. The van der Waals surface area contributed by atoms with E-state index in [0.717, 1.165) is 25.8 Å². The van der Waals surface area contributed by atoms with E-state index >= 15 is 0 Å². The summed E-state index contributed by atoms with van der Waals surface area (Å²) < 4.78 is 0. The summed E-state index contributed by atoms with van der Waals surface area (Å²) in [7, 11) is 0. The molecule has 1 aromatic carbocycles. The van der Waals surface area contributed by atoms with Crippen molar-refractivity contribution in [1.29, 1.82) is 0 Å². The highest BCUT2D eigenvalue weighted by molar-refractivity contribution is 5.75. The minimum atomic E-state index is 0.191. The molecule has 0 saturated heterocycles. The van der Waals surface area contributed by atoms with Gasteiger partial charge in [-0.05, 0) is 37.0 Å². The Morgan fingerprint density at radius 1 is 0.677 bits per heavy atom. The first-order valence-electron chi connectivity index (χ1n) is 13.3. The molecule has 0 saturated carbocycles. The summed E-state index contributed by atoms with van der Waals surface area (Å²) in [5, 5.41) is 12.3. The van der Waals surface area contributed by atoms with Gasteiger partial charge in [0, 0.05) is 13.0 Å². The third-order valence-electron chi connectivity index (χ3n) is 6.16. The van der Waals surface area contributed by atoms with Crippen molar-refractivity contribution in [1.82, 2.24) is 5.32 Å². The summed E-state index contributed by atoms with van der Waals surface area (Å²) in [6, 6.07) is 7.30. The van der Waals surface area contributed by atoms with Gasteiger partial charge in [-0.2, -0.15) is 0 Å². The van der Waals surface area contributed by atoms with Crippen LogP contribution in [-0.2, 0) is 11.2 Å². The maximum atomic E-state index is 11.9. The molecule has 1 amide bonds. The van der Waals surface area contributed by atoms with Crippen LogP contribution in [0.2, 0.25) is 0 Å². The quantitative estimate of drug-likeness (QED) is 0.193. The predicted octanol–water partition coefficient (Wildman–Crippen LogP) is 8.09. The van der Waals surface area contributed by atoms with Crippen LogP contribution in [-0.4, -0.2) is 17.6 Å². The van der Waals surface area contributed by atoms with E-state index in [1.165, 1.54) is 102 Å². The topological polar surface area (TPSA) is 49.3 Å². The van der Waals surface area contributed by atoms with Gasteiger partial charge in [-0.3, -0.25) is 4.79 Å². The van der Waals surface area contributed by atoms with Crippen molar-refractivity contribution in [3.8, 4) is 5.75 Å². The predicted molar refractivity (Wildman–Crippen MR) is 134 cm³/mol. The zero-order chi connectivity index (χ0) is 22.4. The lowest BCUT2D eigenvalue weighted by Crippen LogP contribution is -2.24. The standard InChI is InChI=1S/C28H49NO2/c1-2-3-4-5-6-7-8-9-10-11-12-13-14-15-16-17-20-28(31)29-25-18-19-26-21-23-27(30)24-22-26/h21-24,30H,2-20,25H2,1H3,(H,29,31). The van der Waals surface area contributed by atoms with Gasteiger partial charge < -0.3 is 10.4 Å². The molecular formula is C28H49NO2. The van der Waals surface area contributed by atoms with Crippen LogP contribution in [0.15, 0.2) is 24.3 Å². The number of unbranched alkanes of at least 4 members (excludes halogenated alkanes) is 15. The van der Waals surface area contributed by atoms with Gasteiger partial charge in [0.1, 0.15) is 5.75 Å². The number of hydrogen-bond acceptors (Lipinski definition) is 2. The van der Waals surface area contributed by atoms with Crippen LogP contribution >= 0.6 is 0 Å². The first kappa shape index (κ1) is 27.5. The van der Waals surface area contributed by atoms with Gasteiger partial charge in [0.2, 0.25) is 5.91 Å². The Bertz CT molecular complexity index is 526. The van der Waals surface area contributed by atoms with Crippen molar-refractivity contribution in [3.05, 3.63) is 29.8 Å². The second-order valence-electron chi connectivity index (χ2n) is 9.17. The maximum absolute atomic E-state index is 11.9. The Balaban J connectivity index is 1.76. The molecule has 0 aliphatic rings. The molecule has 0 aliphatic carbocycles. The first-order valence-corrected chi connectivity index (χ1v) is 13.3. The Morgan fingerprint density at radius 2 is 1.13 bits per heavy atom. The number of carbonyl (C=O) groups is 1. The van der Waals surface area contributed by atoms with E-state index in [0.29, 0.717) is 12.2 Å². The van der Waals surface area contributed by atoms with E-state index in [-0.39, 0.29) is 5.91 Å². The molecule has 31 heavy (non-hydrogen) atoms. The molecule has 0 atom stereocenters. The number of aromatic hydroxyl groups is 1. The third kappa shape index (κ3) is 17.8. The highest BCUT2D eigenvalue weighted by atomic mass is 16.3. The van der Waals surface area contributed by atoms with Gasteiger partial charge in [0.05, 0.1) is 0 Å². The fraction of sp³-hybridized carbons (Fsp3) is 0.750. The molecule has 0 spiro atoms. The summed E-state index contributed by atoms with van der Waals surface area (Å²) in [6.07, 6.45) is 24.3. The third-order valence-corrected chi connectivity index (χ3v) is 6.16. The molecule has 1 rings (SSSR count). The van der Waals surface area contributed by atoms with Crippen LogP contribution in [0.5, 0.6) is 5.75 Å². The molecule has 0 unspecified atom stereocenters. The average molecular weight is 432 g/mol. The molecule has 1 aromatic rings. The Kier molecular flexibility index (Phi) is 18.1. The van der Waals surface area contributed by atoms with Gasteiger partial charge >= 0.3 is 0 Å². The van der Waals surface area contributed by atoms with Gasteiger partial charge in [0.15, 0.2) is 0 Å². The largest absolute Gasteiger partial charge is 0.508 e. The fourth-order valence-electron chi connectivity index (χ4n) is 4.10. The molecule has 3 heteroatoms. The zero-order valence-electron chi connectivity index (χ0n) is 20.3. The minimum absolute atomic E-state index is 0.191. The number of amides is 1. The van der Waals surface area contributed by atoms with Crippen LogP contribution in [0, 0.1) is 0 Å². The smallest absolute Gasteiger partial charge is 0.219 e. The Hall–Kier alpha value is -1.51. The zero-order valence-corrected chi connectivity index (χ0v) is 20.3. The summed E-state index contributed by atoms with van der Waals surface area (Å²) in [5.41, 5.74) is 1.20. The monoisotopic (exact) mass is 431 g/mol. The molecule has 0 bridgehead atoms. The lowest BCUT2D eigenvalue weighted by molar-refractivity contribution is -0.121. The summed E-state index contributed by atoms with van der Waals surface area (Å²) in [4.78, 5) is 11.9. The van der Waals surface area contributed by atoms with E-state index < -0.39 is 0 Å². The van der Waals surface area contributed by atoms with Gasteiger partial charge in [-0.15, -0.1) is 0 Å². The van der Waals surface area contributed by atoms with Gasteiger partial charge in [-0.1, -0.05) is 115 Å². The van der Waals surface area contributed by atoms with Crippen LogP contribution in [0.1, 0.15) is 128 Å². The summed E-state index contributed by atoms with van der Waals surface area (Å²) >= 11 is 0. The van der Waals surface area contributed by atoms with E-state index in [2.05, 4.69) is 12.2 Å². The van der Waals surface area contributed by atoms with Crippen molar-refractivity contribution < 1.29 is 9.90 Å². The van der Waals surface area contributed by atoms with Crippen LogP contribution in [0.4, 0.5) is 0 Å². The molecule has 0 fully saturated rings. The van der Waals surface area contributed by atoms with Crippen molar-refractivity contribution in [3.63, 3.8) is 0 Å². The number of rotatable bonds is 21. The maximum Gasteiger partial charge on any atom is 0.219 e. The van der Waals surface area contributed by atoms with Crippen LogP contribution in [0.3, 0.4) is 0 Å². The molecule has 0 radical (unpaired) electrons. The van der Waals surface area contributed by atoms with E-state index in [4.69, 9.17) is 0 Å². The highest BCUT2D eigenvalue weighted by Gasteiger charge is 2.01. The number of nitrogens with one attached hydrogen (secondary N) is 1. The molecule has 0 heterocycles.